The molecule has 11 nitrogen and oxygen atoms in total. The van der Waals surface area contributed by atoms with Crippen molar-refractivity contribution in [3.8, 4) is 17.0 Å². The Morgan fingerprint density at radius 2 is 1.35 bits per heavy atom. The summed E-state index contributed by atoms with van der Waals surface area (Å²) in [6.45, 7) is 0.998. The third kappa shape index (κ3) is 5.74. The molecule has 2 saturated carbocycles. The van der Waals surface area contributed by atoms with Gasteiger partial charge in [-0.15, -0.1) is 0 Å². The Morgan fingerprint density at radius 3 is 1.84 bits per heavy atom. The van der Waals surface area contributed by atoms with Crippen LogP contribution in [0.15, 0.2) is 45.4 Å². The number of benzene rings is 1. The molecule has 0 atom stereocenters. The van der Waals surface area contributed by atoms with Gasteiger partial charge in [0.25, 0.3) is 11.4 Å². The number of nitrogens with zero attached hydrogens (tertiary/aromatic N) is 4. The molecule has 13 heteroatoms. The highest BCUT2D eigenvalue weighted by atomic mass is 19.3. The van der Waals surface area contributed by atoms with Gasteiger partial charge >= 0.3 is 18.6 Å². The topological polar surface area (TPSA) is 162 Å². The second-order valence-electron chi connectivity index (χ2n) is 10.9. The monoisotopic (exact) mass is 592 g/mol. The van der Waals surface area contributed by atoms with Crippen molar-refractivity contribution in [1.82, 2.24) is 20.3 Å². The zero-order valence-electron chi connectivity index (χ0n) is 23.1. The van der Waals surface area contributed by atoms with Gasteiger partial charge in [-0.05, 0) is 68.0 Å². The molecule has 0 aliphatic heterocycles. The Morgan fingerprint density at radius 1 is 0.837 bits per heavy atom. The highest BCUT2D eigenvalue weighted by Crippen LogP contribution is 2.42. The Bertz CT molecular complexity index is 1840. The molecule has 0 amide bonds. The number of halogens is 2. The third-order valence-electron chi connectivity index (χ3n) is 7.31. The van der Waals surface area contributed by atoms with Crippen molar-refractivity contribution in [1.29, 1.82) is 0 Å². The number of carboxylic acid groups (broad SMARTS) is 2. The highest BCUT2D eigenvalue weighted by molar-refractivity contribution is 6.07. The van der Waals surface area contributed by atoms with E-state index in [1.165, 1.54) is 24.3 Å². The van der Waals surface area contributed by atoms with Crippen molar-refractivity contribution >= 4 is 34.1 Å². The molecule has 2 aliphatic rings. The van der Waals surface area contributed by atoms with Gasteiger partial charge in [-0.2, -0.15) is 8.78 Å². The van der Waals surface area contributed by atoms with E-state index >= 15 is 0 Å². The summed E-state index contributed by atoms with van der Waals surface area (Å²) in [5, 5.41) is 27.6. The average molecular weight is 593 g/mol. The molecule has 0 spiro atoms. The number of rotatable bonds is 8. The zero-order valence-corrected chi connectivity index (χ0v) is 23.1. The van der Waals surface area contributed by atoms with Gasteiger partial charge in [-0.1, -0.05) is 24.2 Å². The fourth-order valence-electron chi connectivity index (χ4n) is 4.86. The Hall–Kier alpha value is -4.94. The molecule has 2 N–H and O–H groups in total. The van der Waals surface area contributed by atoms with Crippen molar-refractivity contribution in [2.24, 2.45) is 0 Å². The van der Waals surface area contributed by atoms with E-state index in [0.29, 0.717) is 45.0 Å². The molecular weight excluding hydrogens is 566 g/mol. The van der Waals surface area contributed by atoms with Crippen LogP contribution in [0.4, 0.5) is 8.78 Å². The van der Waals surface area contributed by atoms with E-state index in [0.717, 1.165) is 31.4 Å². The lowest BCUT2D eigenvalue weighted by molar-refractivity contribution is -0.0498. The summed E-state index contributed by atoms with van der Waals surface area (Å²) in [5.41, 5.74) is 3.81. The number of fused-ring (bicyclic) bond motifs is 2. The average Bonchev–Trinajstić information content (AvgIpc) is 3.90. The predicted molar refractivity (Wildman–Crippen MR) is 148 cm³/mol. The van der Waals surface area contributed by atoms with E-state index in [4.69, 9.17) is 9.05 Å². The number of carboxylic acids is 2. The van der Waals surface area contributed by atoms with Gasteiger partial charge in [0.2, 0.25) is 0 Å². The van der Waals surface area contributed by atoms with Gasteiger partial charge in [0.15, 0.2) is 0 Å². The van der Waals surface area contributed by atoms with Crippen molar-refractivity contribution < 1.29 is 42.4 Å². The first-order valence-corrected chi connectivity index (χ1v) is 13.7. The first kappa shape index (κ1) is 28.2. The van der Waals surface area contributed by atoms with Crippen LogP contribution in [0.2, 0.25) is 0 Å². The van der Waals surface area contributed by atoms with Crippen molar-refractivity contribution in [2.45, 2.75) is 63.9 Å². The fourth-order valence-corrected chi connectivity index (χ4v) is 4.86. The number of carbonyl (C=O) groups is 2. The summed E-state index contributed by atoms with van der Waals surface area (Å²) in [7, 11) is 0. The number of hydrogen-bond donors (Lipinski definition) is 2. The lowest BCUT2D eigenvalue weighted by Crippen LogP contribution is -2.02. The molecule has 0 bridgehead atoms. The molecule has 0 radical (unpaired) electrons. The molecule has 4 heterocycles. The van der Waals surface area contributed by atoms with Crippen molar-refractivity contribution in [2.75, 3.05) is 0 Å². The van der Waals surface area contributed by atoms with Crippen LogP contribution in [0.5, 0.6) is 5.75 Å². The third-order valence-corrected chi connectivity index (χ3v) is 7.31. The van der Waals surface area contributed by atoms with Crippen molar-refractivity contribution in [3.05, 3.63) is 64.6 Å². The summed E-state index contributed by atoms with van der Waals surface area (Å²) >= 11 is 0. The lowest BCUT2D eigenvalue weighted by Gasteiger charge is -2.05. The molecular formula is C30H26F2N4O7. The van der Waals surface area contributed by atoms with E-state index in [9.17, 15) is 28.6 Å². The molecule has 5 aromatic rings. The van der Waals surface area contributed by atoms with Crippen LogP contribution < -0.4 is 4.74 Å². The van der Waals surface area contributed by atoms with E-state index in [2.05, 4.69) is 25.0 Å². The number of aromatic carboxylic acids is 2. The lowest BCUT2D eigenvalue weighted by atomic mass is 10.0. The molecule has 0 unspecified atom stereocenters. The smallest absolute Gasteiger partial charge is 0.387 e. The highest BCUT2D eigenvalue weighted by Gasteiger charge is 2.30. The molecule has 222 valence electrons. The first-order valence-electron chi connectivity index (χ1n) is 13.7. The van der Waals surface area contributed by atoms with Crippen LogP contribution in [-0.2, 0) is 0 Å². The Labute approximate surface area is 242 Å². The number of pyridine rings is 2. The van der Waals surface area contributed by atoms with Gasteiger partial charge < -0.3 is 24.0 Å². The second kappa shape index (κ2) is 11.0. The molecule has 4 aromatic heterocycles. The molecule has 43 heavy (non-hydrogen) atoms. The predicted octanol–water partition coefficient (Wildman–Crippen LogP) is 6.99. The fraction of sp³-hybridized carbons (Fsp3) is 0.333. The first-order chi connectivity index (χ1) is 20.6. The summed E-state index contributed by atoms with van der Waals surface area (Å²) in [6.07, 6.45) is 4.10. The number of hydrogen-bond acceptors (Lipinski definition) is 9. The number of alkyl halides is 2. The van der Waals surface area contributed by atoms with Gasteiger partial charge in [-0.3, -0.25) is 0 Å². The molecule has 0 saturated heterocycles. The van der Waals surface area contributed by atoms with Crippen LogP contribution in [0.3, 0.4) is 0 Å². The Balaban J connectivity index is 0.000000162. The van der Waals surface area contributed by atoms with Gasteiger partial charge in [0.05, 0.1) is 27.6 Å². The maximum absolute atomic E-state index is 12.2. The Kier molecular flexibility index (Phi) is 7.24. The minimum atomic E-state index is -2.91. The number of aromatic nitrogens is 4. The molecule has 2 aliphatic carbocycles. The molecule has 2 fully saturated rings. The minimum Gasteiger partial charge on any atom is -0.478 e. The zero-order chi connectivity index (χ0) is 30.4. The largest absolute Gasteiger partial charge is 0.478 e. The van der Waals surface area contributed by atoms with Crippen molar-refractivity contribution in [3.63, 3.8) is 0 Å². The second-order valence-corrected chi connectivity index (χ2v) is 10.9. The molecule has 7 rings (SSSR count). The van der Waals surface area contributed by atoms with Crippen LogP contribution in [0.1, 0.15) is 95.1 Å². The normalized spacial score (nSPS) is 14.7. The maximum atomic E-state index is 12.2. The van der Waals surface area contributed by atoms with E-state index < -0.39 is 18.6 Å². The summed E-state index contributed by atoms with van der Waals surface area (Å²) in [6, 6.07) is 8.95. The van der Waals surface area contributed by atoms with Crippen LogP contribution in [0, 0.1) is 0 Å². The van der Waals surface area contributed by atoms with Gasteiger partial charge in [-0.25, -0.2) is 19.6 Å². The molecule has 1 aromatic carbocycles. The van der Waals surface area contributed by atoms with Crippen LogP contribution in [0.25, 0.3) is 33.5 Å². The van der Waals surface area contributed by atoms with E-state index in [1.807, 2.05) is 13.8 Å². The van der Waals surface area contributed by atoms with Crippen LogP contribution in [-0.4, -0.2) is 49.0 Å². The summed E-state index contributed by atoms with van der Waals surface area (Å²) in [4.78, 5) is 31.8. The number of ether oxygens (including phenoxy) is 1. The van der Waals surface area contributed by atoms with Gasteiger partial charge in [0.1, 0.15) is 11.4 Å². The van der Waals surface area contributed by atoms with E-state index in [-0.39, 0.29) is 34.4 Å². The van der Waals surface area contributed by atoms with E-state index in [1.54, 1.807) is 12.1 Å². The summed E-state index contributed by atoms with van der Waals surface area (Å²) in [5.74, 6) is -1.29. The summed E-state index contributed by atoms with van der Waals surface area (Å²) < 4.78 is 39.2. The van der Waals surface area contributed by atoms with Crippen LogP contribution >= 0.6 is 0 Å². The standard InChI is InChI=1S/C17H12F2N2O4.C13H14N2O3/c18-17(19)24-10-5-3-9(4-6-10)14-13-11(16(22)23)7-12(8-1-2-8)20-15(13)25-21-14;1-6(2)11-10-8(13(16)17)5-9(7-3-4-7)14-12(10)18-15-11/h3-8,17H,1-2H2,(H,22,23);5-7H,3-4H2,1-2H3,(H,16,17). The maximum Gasteiger partial charge on any atom is 0.387 e. The SMILES string of the molecule is CC(C)c1noc2nc(C3CC3)cc(C(=O)O)c12.O=C(O)c1cc(C2CC2)nc2onc(-c3ccc(OC(F)F)cc3)c12. The quantitative estimate of drug-likeness (QED) is 0.191. The van der Waals surface area contributed by atoms with Gasteiger partial charge in [0, 0.05) is 28.8 Å². The minimum absolute atomic E-state index is 0.000784.